The van der Waals surface area contributed by atoms with E-state index in [1.807, 2.05) is 10.6 Å². The summed E-state index contributed by atoms with van der Waals surface area (Å²) >= 11 is 0. The van der Waals surface area contributed by atoms with Gasteiger partial charge in [-0.25, -0.2) is 4.79 Å². The number of amides is 3. The van der Waals surface area contributed by atoms with E-state index in [0.29, 0.717) is 0 Å². The molecule has 12 nitrogen and oxygen atoms in total. The molecule has 130 valence electrons. The number of aliphatic carboxylic acids is 2. The second-order valence-corrected chi connectivity index (χ2v) is 4.52. The molecule has 0 radical (unpaired) electrons. The van der Waals surface area contributed by atoms with E-state index in [9.17, 15) is 24.0 Å². The van der Waals surface area contributed by atoms with E-state index >= 15 is 0 Å². The predicted molar refractivity (Wildman–Crippen MR) is 72.6 cm³/mol. The zero-order chi connectivity index (χ0) is 18.2. The van der Waals surface area contributed by atoms with Gasteiger partial charge in [-0.05, 0) is 0 Å². The second kappa shape index (κ2) is 9.32. The fourth-order valence-corrected chi connectivity index (χ4v) is 1.43. The Hall–Kier alpha value is -2.73. The van der Waals surface area contributed by atoms with Crippen LogP contribution in [-0.4, -0.2) is 69.7 Å². The normalized spacial score (nSPS) is 14.2. The number of nitrogens with one attached hydrogen (secondary N) is 2. The molecule has 0 aliphatic carbocycles. The molecule has 12 heteroatoms. The third-order valence-corrected chi connectivity index (χ3v) is 2.57. The third-order valence-electron chi connectivity index (χ3n) is 2.57. The lowest BCUT2D eigenvalue weighted by atomic mass is 10.1. The number of aliphatic hydroxyl groups excluding tert-OH is 1. The van der Waals surface area contributed by atoms with Crippen molar-refractivity contribution in [2.45, 2.75) is 31.0 Å². The molecule has 0 aromatic rings. The van der Waals surface area contributed by atoms with Gasteiger partial charge < -0.3 is 37.4 Å². The maximum absolute atomic E-state index is 11.9. The SMILES string of the molecule is NC(=O)CC(NC(=O)C(N)CC(=O)O)C(=O)NC(CO)C(=O)O. The maximum atomic E-state index is 11.9. The summed E-state index contributed by atoms with van der Waals surface area (Å²) in [4.78, 5) is 55.7. The van der Waals surface area contributed by atoms with Crippen LogP contribution in [0.2, 0.25) is 0 Å². The first-order valence-corrected chi connectivity index (χ1v) is 6.28. The van der Waals surface area contributed by atoms with Crippen LogP contribution in [-0.2, 0) is 24.0 Å². The van der Waals surface area contributed by atoms with E-state index in [0.717, 1.165) is 0 Å². The minimum atomic E-state index is -1.65. The van der Waals surface area contributed by atoms with Gasteiger partial charge in [-0.1, -0.05) is 0 Å². The van der Waals surface area contributed by atoms with E-state index in [1.54, 1.807) is 0 Å². The molecule has 23 heavy (non-hydrogen) atoms. The van der Waals surface area contributed by atoms with Crippen molar-refractivity contribution in [3.8, 4) is 0 Å². The van der Waals surface area contributed by atoms with Gasteiger partial charge in [0.15, 0.2) is 0 Å². The first-order valence-electron chi connectivity index (χ1n) is 6.28. The van der Waals surface area contributed by atoms with Gasteiger partial charge in [0.1, 0.15) is 12.1 Å². The summed E-state index contributed by atoms with van der Waals surface area (Å²) in [6.45, 7) is -0.920. The lowest BCUT2D eigenvalue weighted by Gasteiger charge is -2.21. The topological polar surface area (TPSA) is 222 Å². The fourth-order valence-electron chi connectivity index (χ4n) is 1.43. The van der Waals surface area contributed by atoms with E-state index in [4.69, 9.17) is 26.8 Å². The van der Waals surface area contributed by atoms with Crippen LogP contribution in [0.4, 0.5) is 0 Å². The summed E-state index contributed by atoms with van der Waals surface area (Å²) in [6, 6.07) is -4.69. The van der Waals surface area contributed by atoms with Crippen molar-refractivity contribution >= 4 is 29.7 Å². The number of primary amides is 1. The lowest BCUT2D eigenvalue weighted by Crippen LogP contribution is -2.56. The van der Waals surface area contributed by atoms with E-state index in [-0.39, 0.29) is 0 Å². The Kier molecular flexibility index (Phi) is 8.21. The highest BCUT2D eigenvalue weighted by molar-refractivity contribution is 5.95. The van der Waals surface area contributed by atoms with Crippen LogP contribution in [0.25, 0.3) is 0 Å². The summed E-state index contributed by atoms with van der Waals surface area (Å²) in [5.41, 5.74) is 10.2. The number of carbonyl (C=O) groups excluding carboxylic acids is 3. The predicted octanol–water partition coefficient (Wildman–Crippen LogP) is -4.29. The molecule has 0 aromatic heterocycles. The zero-order valence-corrected chi connectivity index (χ0v) is 11.9. The highest BCUT2D eigenvalue weighted by Gasteiger charge is 2.29. The van der Waals surface area contributed by atoms with Gasteiger partial charge in [-0.2, -0.15) is 0 Å². The van der Waals surface area contributed by atoms with Gasteiger partial charge >= 0.3 is 11.9 Å². The molecule has 3 atom stereocenters. The van der Waals surface area contributed by atoms with Gasteiger partial charge in [0.2, 0.25) is 17.7 Å². The van der Waals surface area contributed by atoms with Crippen LogP contribution >= 0.6 is 0 Å². The first-order chi connectivity index (χ1) is 10.6. The van der Waals surface area contributed by atoms with Crippen LogP contribution in [0.15, 0.2) is 0 Å². The summed E-state index contributed by atoms with van der Waals surface area (Å²) in [5.74, 6) is -6.00. The minimum absolute atomic E-state index is 0.671. The number of nitrogens with two attached hydrogens (primary N) is 2. The Morgan fingerprint density at radius 3 is 1.83 bits per heavy atom. The number of carboxylic acid groups (broad SMARTS) is 2. The van der Waals surface area contributed by atoms with Crippen LogP contribution in [0.3, 0.4) is 0 Å². The van der Waals surface area contributed by atoms with Crippen LogP contribution in [0.1, 0.15) is 12.8 Å². The third kappa shape index (κ3) is 7.73. The standard InChI is InChI=1S/C11H18N4O8/c12-4(1-8(18)19)9(20)14-5(2-7(13)17)10(21)15-6(3-16)11(22)23/h4-6,16H,1-3,12H2,(H2,13,17)(H,14,20)(H,15,21)(H,18,19)(H,22,23). The Morgan fingerprint density at radius 1 is 0.913 bits per heavy atom. The number of carboxylic acids is 2. The summed E-state index contributed by atoms with van der Waals surface area (Å²) in [7, 11) is 0. The molecular formula is C11H18N4O8. The van der Waals surface area contributed by atoms with Crippen LogP contribution in [0.5, 0.6) is 0 Å². The molecule has 0 aromatic carbocycles. The van der Waals surface area contributed by atoms with Crippen molar-refractivity contribution in [2.24, 2.45) is 11.5 Å². The summed E-state index contributed by atoms with van der Waals surface area (Å²) in [6.07, 6.45) is -1.39. The average Bonchev–Trinajstić information content (AvgIpc) is 2.41. The zero-order valence-electron chi connectivity index (χ0n) is 11.9. The van der Waals surface area contributed by atoms with Crippen molar-refractivity contribution in [3.63, 3.8) is 0 Å². The average molecular weight is 334 g/mol. The molecule has 0 aliphatic heterocycles. The molecule has 0 saturated carbocycles. The monoisotopic (exact) mass is 334 g/mol. The van der Waals surface area contributed by atoms with Crippen molar-refractivity contribution in [2.75, 3.05) is 6.61 Å². The highest BCUT2D eigenvalue weighted by Crippen LogP contribution is 1.97. The van der Waals surface area contributed by atoms with Gasteiger partial charge in [-0.15, -0.1) is 0 Å². The maximum Gasteiger partial charge on any atom is 0.328 e. The molecule has 0 bridgehead atoms. The van der Waals surface area contributed by atoms with Crippen molar-refractivity contribution in [3.05, 3.63) is 0 Å². The minimum Gasteiger partial charge on any atom is -0.481 e. The van der Waals surface area contributed by atoms with E-state index < -0.39 is 67.2 Å². The molecule has 0 rings (SSSR count). The summed E-state index contributed by atoms with van der Waals surface area (Å²) < 4.78 is 0. The number of hydrogen-bond acceptors (Lipinski definition) is 7. The van der Waals surface area contributed by atoms with Crippen molar-refractivity contribution in [1.29, 1.82) is 0 Å². The Balaban J connectivity index is 4.96. The smallest absolute Gasteiger partial charge is 0.328 e. The molecule has 0 fully saturated rings. The van der Waals surface area contributed by atoms with Crippen molar-refractivity contribution in [1.82, 2.24) is 10.6 Å². The molecule has 3 amide bonds. The lowest BCUT2D eigenvalue weighted by molar-refractivity contribution is -0.144. The number of hydrogen-bond donors (Lipinski definition) is 7. The summed E-state index contributed by atoms with van der Waals surface area (Å²) in [5, 5.41) is 30.0. The number of rotatable bonds is 10. The number of aliphatic hydroxyl groups is 1. The molecule has 9 N–H and O–H groups in total. The molecule has 0 spiro atoms. The fraction of sp³-hybridized carbons (Fsp3) is 0.545. The van der Waals surface area contributed by atoms with Gasteiger partial charge in [0.25, 0.3) is 0 Å². The Morgan fingerprint density at radius 2 is 1.43 bits per heavy atom. The van der Waals surface area contributed by atoms with Crippen LogP contribution < -0.4 is 22.1 Å². The van der Waals surface area contributed by atoms with Gasteiger partial charge in [-0.3, -0.25) is 19.2 Å². The molecule has 0 heterocycles. The highest BCUT2D eigenvalue weighted by atomic mass is 16.4. The van der Waals surface area contributed by atoms with Gasteiger partial charge in [0, 0.05) is 0 Å². The molecule has 0 saturated heterocycles. The Bertz CT molecular complexity index is 494. The second-order valence-electron chi connectivity index (χ2n) is 4.52. The molecule has 0 aliphatic rings. The molecular weight excluding hydrogens is 316 g/mol. The van der Waals surface area contributed by atoms with Crippen molar-refractivity contribution < 1.29 is 39.3 Å². The largest absolute Gasteiger partial charge is 0.481 e. The van der Waals surface area contributed by atoms with E-state index in [1.165, 1.54) is 0 Å². The Labute approximate surface area is 129 Å². The quantitative estimate of drug-likeness (QED) is 0.205. The first kappa shape index (κ1) is 20.3. The van der Waals surface area contributed by atoms with Crippen LogP contribution in [0, 0.1) is 0 Å². The van der Waals surface area contributed by atoms with Gasteiger partial charge in [0.05, 0.1) is 25.5 Å². The van der Waals surface area contributed by atoms with E-state index in [2.05, 4.69) is 0 Å². The molecule has 3 unspecified atom stereocenters. The number of carbonyl (C=O) groups is 5.